The van der Waals surface area contributed by atoms with Crippen LogP contribution >= 0.6 is 0 Å². The molecule has 1 amide bonds. The zero-order chi connectivity index (χ0) is 18.1. The Morgan fingerprint density at radius 3 is 2.46 bits per heavy atom. The van der Waals surface area contributed by atoms with Crippen LogP contribution in [0.5, 0.6) is 0 Å². The summed E-state index contributed by atoms with van der Waals surface area (Å²) in [6, 6.07) is 15.0. The van der Waals surface area contributed by atoms with Crippen LogP contribution in [0.15, 0.2) is 48.5 Å². The van der Waals surface area contributed by atoms with Gasteiger partial charge in [0.15, 0.2) is 0 Å². The number of piperazine rings is 1. The molecule has 1 unspecified atom stereocenters. The maximum atomic E-state index is 13.1. The van der Waals surface area contributed by atoms with Crippen LogP contribution in [0.4, 0.5) is 15.8 Å². The quantitative estimate of drug-likeness (QED) is 0.849. The van der Waals surface area contributed by atoms with E-state index < -0.39 is 0 Å². The van der Waals surface area contributed by atoms with Gasteiger partial charge in [-0.25, -0.2) is 4.39 Å². The van der Waals surface area contributed by atoms with Gasteiger partial charge in [0.1, 0.15) is 5.82 Å². The molecule has 1 atom stereocenters. The van der Waals surface area contributed by atoms with E-state index in [0.29, 0.717) is 6.54 Å². The number of hydrogen-bond acceptors (Lipinski definition) is 3. The summed E-state index contributed by atoms with van der Waals surface area (Å²) in [7, 11) is 0. The van der Waals surface area contributed by atoms with Crippen molar-refractivity contribution in [2.24, 2.45) is 0 Å². The lowest BCUT2D eigenvalue weighted by molar-refractivity contribution is -0.120. The van der Waals surface area contributed by atoms with Crippen LogP contribution < -0.4 is 9.80 Å². The molecule has 2 aliphatic rings. The summed E-state index contributed by atoms with van der Waals surface area (Å²) in [5.74, 6) is -0.0318. The molecule has 5 heteroatoms. The van der Waals surface area contributed by atoms with Crippen molar-refractivity contribution in [3.63, 3.8) is 0 Å². The number of fused-ring (bicyclic) bond motifs is 1. The second-order valence-electron chi connectivity index (χ2n) is 7.19. The number of hydrogen-bond donors (Lipinski definition) is 0. The van der Waals surface area contributed by atoms with Crippen LogP contribution in [0.2, 0.25) is 0 Å². The predicted molar refractivity (Wildman–Crippen MR) is 102 cm³/mol. The summed E-state index contributed by atoms with van der Waals surface area (Å²) in [5, 5.41) is 0. The molecule has 0 bridgehead atoms. The van der Waals surface area contributed by atoms with Gasteiger partial charge < -0.3 is 9.80 Å². The Morgan fingerprint density at radius 1 is 1.04 bits per heavy atom. The Hall–Kier alpha value is -2.40. The summed E-state index contributed by atoms with van der Waals surface area (Å²) < 4.78 is 13.1. The van der Waals surface area contributed by atoms with Crippen LogP contribution in [0.1, 0.15) is 12.5 Å². The number of para-hydroxylation sites is 1. The lowest BCUT2D eigenvalue weighted by Crippen LogP contribution is -2.51. The number of carbonyl (C=O) groups excluding carboxylic acids is 1. The van der Waals surface area contributed by atoms with Crippen LogP contribution in [-0.4, -0.2) is 49.6 Å². The van der Waals surface area contributed by atoms with E-state index >= 15 is 0 Å². The van der Waals surface area contributed by atoms with Crippen molar-refractivity contribution in [1.29, 1.82) is 0 Å². The fourth-order valence-electron chi connectivity index (χ4n) is 4.03. The van der Waals surface area contributed by atoms with E-state index in [2.05, 4.69) is 22.8 Å². The van der Waals surface area contributed by atoms with Crippen LogP contribution in [0.25, 0.3) is 0 Å². The molecule has 136 valence electrons. The average Bonchev–Trinajstić information content (AvgIpc) is 2.99. The highest BCUT2D eigenvalue weighted by molar-refractivity contribution is 5.97. The number of benzene rings is 2. The van der Waals surface area contributed by atoms with Gasteiger partial charge in [0.05, 0.1) is 6.54 Å². The maximum absolute atomic E-state index is 13.1. The Labute approximate surface area is 153 Å². The van der Waals surface area contributed by atoms with Gasteiger partial charge >= 0.3 is 0 Å². The molecule has 0 saturated carbocycles. The lowest BCUT2D eigenvalue weighted by atomic mass is 10.1. The minimum Gasteiger partial charge on any atom is -0.369 e. The summed E-state index contributed by atoms with van der Waals surface area (Å²) in [5.41, 5.74) is 3.36. The molecule has 2 heterocycles. The zero-order valence-electron chi connectivity index (χ0n) is 15.1. The van der Waals surface area contributed by atoms with E-state index in [1.807, 2.05) is 35.2 Å². The van der Waals surface area contributed by atoms with Crippen LogP contribution in [0, 0.1) is 5.82 Å². The second kappa shape index (κ2) is 7.08. The average molecular weight is 353 g/mol. The number of nitrogens with zero attached hydrogens (tertiary/aromatic N) is 3. The van der Waals surface area contributed by atoms with Crippen LogP contribution in [-0.2, 0) is 11.2 Å². The molecule has 1 saturated heterocycles. The topological polar surface area (TPSA) is 26.8 Å². The van der Waals surface area contributed by atoms with Gasteiger partial charge in [-0.05, 0) is 49.2 Å². The lowest BCUT2D eigenvalue weighted by Gasteiger charge is -2.36. The fraction of sp³-hybridized carbons (Fsp3) is 0.381. The first-order valence-electron chi connectivity index (χ1n) is 9.24. The molecule has 0 N–H and O–H groups in total. The molecule has 1 fully saturated rings. The molecule has 26 heavy (non-hydrogen) atoms. The number of anilines is 2. The van der Waals surface area contributed by atoms with Gasteiger partial charge in [0.25, 0.3) is 0 Å². The largest absolute Gasteiger partial charge is 0.369 e. The van der Waals surface area contributed by atoms with Crippen molar-refractivity contribution in [2.45, 2.75) is 19.4 Å². The van der Waals surface area contributed by atoms with Crippen molar-refractivity contribution in [3.8, 4) is 0 Å². The van der Waals surface area contributed by atoms with E-state index in [-0.39, 0.29) is 17.8 Å². The molecule has 0 aliphatic carbocycles. The molecule has 2 aliphatic heterocycles. The van der Waals surface area contributed by atoms with Gasteiger partial charge in [-0.3, -0.25) is 9.69 Å². The highest BCUT2D eigenvalue weighted by Gasteiger charge is 2.31. The molecule has 0 aromatic heterocycles. The first-order valence-corrected chi connectivity index (χ1v) is 9.24. The number of rotatable bonds is 3. The van der Waals surface area contributed by atoms with Gasteiger partial charge in [0, 0.05) is 43.6 Å². The molecule has 2 aromatic rings. The normalized spacial score (nSPS) is 20.3. The second-order valence-corrected chi connectivity index (χ2v) is 7.19. The third-order valence-corrected chi connectivity index (χ3v) is 5.40. The molecule has 4 rings (SSSR count). The highest BCUT2D eigenvalue weighted by Crippen LogP contribution is 2.32. The molecule has 4 nitrogen and oxygen atoms in total. The molecular formula is C21H24FN3O. The monoisotopic (exact) mass is 353 g/mol. The standard InChI is InChI=1S/C21H24FN3O/c1-16-14-17-4-2-3-5-20(17)25(16)21(26)15-23-10-12-24(13-11-23)19-8-6-18(22)7-9-19/h2-9,16H,10-15H2,1H3. The number of halogens is 1. The minimum absolute atomic E-state index is 0.178. The van der Waals surface area contributed by atoms with Crippen molar-refractivity contribution in [3.05, 3.63) is 59.9 Å². The molecule has 2 aromatic carbocycles. The number of carbonyl (C=O) groups is 1. The zero-order valence-corrected chi connectivity index (χ0v) is 15.1. The van der Waals surface area contributed by atoms with Crippen molar-refractivity contribution in [2.75, 3.05) is 42.5 Å². The van der Waals surface area contributed by atoms with Gasteiger partial charge in [0.2, 0.25) is 5.91 Å². The Kier molecular flexibility index (Phi) is 4.64. The van der Waals surface area contributed by atoms with Crippen molar-refractivity contribution < 1.29 is 9.18 Å². The summed E-state index contributed by atoms with van der Waals surface area (Å²) in [6.07, 6.45) is 0.931. The predicted octanol–water partition coefficient (Wildman–Crippen LogP) is 2.93. The smallest absolute Gasteiger partial charge is 0.241 e. The van der Waals surface area contributed by atoms with Crippen molar-refractivity contribution >= 4 is 17.3 Å². The maximum Gasteiger partial charge on any atom is 0.241 e. The van der Waals surface area contributed by atoms with E-state index in [1.165, 1.54) is 17.7 Å². The van der Waals surface area contributed by atoms with E-state index in [1.54, 1.807) is 0 Å². The van der Waals surface area contributed by atoms with Crippen LogP contribution in [0.3, 0.4) is 0 Å². The molecular weight excluding hydrogens is 329 g/mol. The third-order valence-electron chi connectivity index (χ3n) is 5.40. The molecule has 0 radical (unpaired) electrons. The SMILES string of the molecule is CC1Cc2ccccc2N1C(=O)CN1CCN(c2ccc(F)cc2)CC1. The summed E-state index contributed by atoms with van der Waals surface area (Å²) in [4.78, 5) is 19.3. The Morgan fingerprint density at radius 2 is 1.73 bits per heavy atom. The highest BCUT2D eigenvalue weighted by atomic mass is 19.1. The number of amides is 1. The first-order chi connectivity index (χ1) is 12.6. The first kappa shape index (κ1) is 17.0. The summed E-state index contributed by atoms with van der Waals surface area (Å²) >= 11 is 0. The Balaban J connectivity index is 1.36. The van der Waals surface area contributed by atoms with Gasteiger partial charge in [-0.15, -0.1) is 0 Å². The van der Waals surface area contributed by atoms with Gasteiger partial charge in [-0.1, -0.05) is 18.2 Å². The van der Waals surface area contributed by atoms with Gasteiger partial charge in [-0.2, -0.15) is 0 Å². The Bertz CT molecular complexity index is 784. The molecule has 0 spiro atoms. The van der Waals surface area contributed by atoms with E-state index in [4.69, 9.17) is 0 Å². The van der Waals surface area contributed by atoms with E-state index in [9.17, 15) is 9.18 Å². The van der Waals surface area contributed by atoms with E-state index in [0.717, 1.165) is 44.0 Å². The third kappa shape index (κ3) is 3.31. The summed E-state index contributed by atoms with van der Waals surface area (Å²) in [6.45, 7) is 5.95. The minimum atomic E-state index is -0.210. The van der Waals surface area contributed by atoms with Crippen molar-refractivity contribution in [1.82, 2.24) is 4.90 Å². The fourth-order valence-corrected chi connectivity index (χ4v) is 4.03.